The summed E-state index contributed by atoms with van der Waals surface area (Å²) in [7, 11) is 1.63. The van der Waals surface area contributed by atoms with Crippen LogP contribution in [0.5, 0.6) is 5.75 Å². The lowest BCUT2D eigenvalue weighted by Crippen LogP contribution is -2.40. The molecule has 0 bridgehead atoms. The molecular formula is C21H26N4O2. The summed E-state index contributed by atoms with van der Waals surface area (Å²) >= 11 is 0. The first-order chi connectivity index (χ1) is 13.1. The number of amides is 2. The van der Waals surface area contributed by atoms with Crippen molar-refractivity contribution in [3.63, 3.8) is 0 Å². The molecule has 0 aliphatic carbocycles. The number of hydrogen-bond acceptors (Lipinski definition) is 3. The van der Waals surface area contributed by atoms with Crippen LogP contribution >= 0.6 is 0 Å². The number of imidazole rings is 1. The van der Waals surface area contributed by atoms with Crippen LogP contribution in [0.2, 0.25) is 0 Å². The minimum atomic E-state index is -0.212. The minimum absolute atomic E-state index is 0.182. The molecule has 1 heterocycles. The monoisotopic (exact) mass is 366 g/mol. The number of H-pyrrole nitrogens is 1. The van der Waals surface area contributed by atoms with Gasteiger partial charge in [-0.1, -0.05) is 44.5 Å². The Kier molecular flexibility index (Phi) is 5.96. The number of para-hydroxylation sites is 2. The number of rotatable bonds is 7. The van der Waals surface area contributed by atoms with Gasteiger partial charge >= 0.3 is 6.03 Å². The van der Waals surface area contributed by atoms with Crippen LogP contribution in [-0.4, -0.2) is 23.1 Å². The predicted octanol–water partition coefficient (Wildman–Crippen LogP) is 4.16. The number of fused-ring (bicyclic) bond motifs is 1. The lowest BCUT2D eigenvalue weighted by molar-refractivity contribution is 0.230. The third-order valence-corrected chi connectivity index (χ3v) is 4.81. The number of hydrogen-bond donors (Lipinski definition) is 3. The van der Waals surface area contributed by atoms with E-state index in [1.54, 1.807) is 7.11 Å². The minimum Gasteiger partial charge on any atom is -0.497 e. The van der Waals surface area contributed by atoms with Crippen LogP contribution in [0.1, 0.15) is 37.7 Å². The largest absolute Gasteiger partial charge is 0.497 e. The van der Waals surface area contributed by atoms with Gasteiger partial charge in [-0.15, -0.1) is 0 Å². The van der Waals surface area contributed by atoms with E-state index in [1.165, 1.54) is 0 Å². The third-order valence-electron chi connectivity index (χ3n) is 4.81. The molecule has 0 spiro atoms. The van der Waals surface area contributed by atoms with Crippen LogP contribution in [-0.2, 0) is 6.54 Å². The van der Waals surface area contributed by atoms with Gasteiger partial charge in [-0.2, -0.15) is 0 Å². The van der Waals surface area contributed by atoms with Gasteiger partial charge in [0.25, 0.3) is 0 Å². The zero-order chi connectivity index (χ0) is 19.2. The highest BCUT2D eigenvalue weighted by molar-refractivity contribution is 5.76. The number of nitrogens with zero attached hydrogens (tertiary/aromatic N) is 1. The summed E-state index contributed by atoms with van der Waals surface area (Å²) in [5, 5.41) is 5.99. The topological polar surface area (TPSA) is 79.0 Å². The van der Waals surface area contributed by atoms with Gasteiger partial charge in [0, 0.05) is 6.54 Å². The molecule has 3 N–H and O–H groups in total. The number of nitrogens with one attached hydrogen (secondary N) is 3. The van der Waals surface area contributed by atoms with Crippen LogP contribution in [0.4, 0.5) is 4.79 Å². The third kappa shape index (κ3) is 4.58. The van der Waals surface area contributed by atoms with Gasteiger partial charge in [-0.3, -0.25) is 0 Å². The molecule has 0 saturated heterocycles. The van der Waals surface area contributed by atoms with Crippen LogP contribution in [0.25, 0.3) is 11.0 Å². The van der Waals surface area contributed by atoms with Crippen LogP contribution in [0, 0.1) is 5.92 Å². The summed E-state index contributed by atoms with van der Waals surface area (Å²) in [6, 6.07) is 15.1. The first kappa shape index (κ1) is 18.8. The van der Waals surface area contributed by atoms with E-state index in [4.69, 9.17) is 4.74 Å². The number of aromatic nitrogens is 2. The molecule has 0 aliphatic rings. The fraction of sp³-hybridized carbons (Fsp3) is 0.333. The maximum Gasteiger partial charge on any atom is 0.315 e. The molecule has 0 radical (unpaired) electrons. The summed E-state index contributed by atoms with van der Waals surface area (Å²) < 4.78 is 5.15. The molecule has 6 nitrogen and oxygen atoms in total. The Morgan fingerprint density at radius 2 is 1.93 bits per heavy atom. The standard InChI is InChI=1S/C21H26N4O2/c1-4-14(2)19(20-23-17-7-5-6-8-18(17)24-20)25-21(26)22-13-15-9-11-16(27-3)12-10-15/h5-12,14,19H,4,13H2,1-3H3,(H,23,24)(H2,22,25,26)/t14-,19-/m0/s1. The number of benzene rings is 2. The smallest absolute Gasteiger partial charge is 0.315 e. The number of ether oxygens (including phenoxy) is 1. The summed E-state index contributed by atoms with van der Waals surface area (Å²) in [6.45, 7) is 4.67. The van der Waals surface area contributed by atoms with Gasteiger partial charge < -0.3 is 20.4 Å². The molecule has 0 unspecified atom stereocenters. The van der Waals surface area contributed by atoms with Crippen LogP contribution in [0.15, 0.2) is 48.5 Å². The second-order valence-electron chi connectivity index (χ2n) is 6.68. The summed E-state index contributed by atoms with van der Waals surface area (Å²) in [4.78, 5) is 20.5. The number of carbonyl (C=O) groups excluding carboxylic acids is 1. The van der Waals surface area contributed by atoms with Crippen LogP contribution in [0.3, 0.4) is 0 Å². The van der Waals surface area contributed by atoms with E-state index in [-0.39, 0.29) is 18.0 Å². The Labute approximate surface area is 159 Å². The van der Waals surface area contributed by atoms with E-state index in [9.17, 15) is 4.79 Å². The summed E-state index contributed by atoms with van der Waals surface area (Å²) in [6.07, 6.45) is 0.931. The van der Waals surface area contributed by atoms with Crippen molar-refractivity contribution in [3.8, 4) is 5.75 Å². The SMILES string of the molecule is CC[C@H](C)[C@H](NC(=O)NCc1ccc(OC)cc1)c1nc2ccccc2[nH]1. The maximum absolute atomic E-state index is 12.5. The molecule has 142 valence electrons. The first-order valence-electron chi connectivity index (χ1n) is 9.22. The Morgan fingerprint density at radius 1 is 1.19 bits per heavy atom. The van der Waals surface area contributed by atoms with Crippen molar-refractivity contribution in [2.45, 2.75) is 32.9 Å². The number of urea groups is 1. The van der Waals surface area contributed by atoms with Crippen molar-refractivity contribution < 1.29 is 9.53 Å². The molecule has 1 aromatic heterocycles. The molecule has 0 fully saturated rings. The number of methoxy groups -OCH3 is 1. The van der Waals surface area contributed by atoms with Crippen molar-refractivity contribution in [1.29, 1.82) is 0 Å². The molecule has 0 saturated carbocycles. The lowest BCUT2D eigenvalue weighted by Gasteiger charge is -2.22. The van der Waals surface area contributed by atoms with Crippen molar-refractivity contribution in [2.24, 2.45) is 5.92 Å². The highest BCUT2D eigenvalue weighted by Gasteiger charge is 2.23. The van der Waals surface area contributed by atoms with Crippen molar-refractivity contribution in [1.82, 2.24) is 20.6 Å². The van der Waals surface area contributed by atoms with Gasteiger partial charge in [-0.25, -0.2) is 9.78 Å². The van der Waals surface area contributed by atoms with Gasteiger partial charge in [-0.05, 0) is 35.7 Å². The second-order valence-corrected chi connectivity index (χ2v) is 6.68. The lowest BCUT2D eigenvalue weighted by atomic mass is 9.99. The van der Waals surface area contributed by atoms with E-state index in [2.05, 4.69) is 34.4 Å². The Balaban J connectivity index is 1.67. The molecule has 3 rings (SSSR count). The van der Waals surface area contributed by atoms with E-state index in [0.717, 1.165) is 34.6 Å². The van der Waals surface area contributed by atoms with Gasteiger partial charge in [0.15, 0.2) is 0 Å². The molecule has 2 amide bonds. The number of carbonyl (C=O) groups is 1. The highest BCUT2D eigenvalue weighted by atomic mass is 16.5. The molecule has 2 atom stereocenters. The number of aromatic amines is 1. The molecular weight excluding hydrogens is 340 g/mol. The van der Waals surface area contributed by atoms with E-state index < -0.39 is 0 Å². The molecule has 27 heavy (non-hydrogen) atoms. The Hall–Kier alpha value is -3.02. The molecule has 2 aromatic carbocycles. The summed E-state index contributed by atoms with van der Waals surface area (Å²) in [5.74, 6) is 1.83. The normalized spacial score (nSPS) is 13.1. The van der Waals surface area contributed by atoms with Crippen molar-refractivity contribution >= 4 is 17.1 Å². The van der Waals surface area contributed by atoms with Gasteiger partial charge in [0.05, 0.1) is 24.2 Å². The summed E-state index contributed by atoms with van der Waals surface area (Å²) in [5.41, 5.74) is 2.89. The van der Waals surface area contributed by atoms with Gasteiger partial charge in [0.1, 0.15) is 11.6 Å². The second kappa shape index (κ2) is 8.58. The highest BCUT2D eigenvalue weighted by Crippen LogP contribution is 2.24. The molecule has 3 aromatic rings. The fourth-order valence-corrected chi connectivity index (χ4v) is 2.95. The molecule has 0 aliphatic heterocycles. The predicted molar refractivity (Wildman–Crippen MR) is 107 cm³/mol. The Morgan fingerprint density at radius 3 is 2.59 bits per heavy atom. The van der Waals surface area contributed by atoms with E-state index in [1.807, 2.05) is 48.5 Å². The average molecular weight is 366 g/mol. The quantitative estimate of drug-likeness (QED) is 0.587. The van der Waals surface area contributed by atoms with E-state index >= 15 is 0 Å². The average Bonchev–Trinajstić information content (AvgIpc) is 3.14. The maximum atomic E-state index is 12.5. The molecule has 6 heteroatoms. The van der Waals surface area contributed by atoms with Crippen LogP contribution < -0.4 is 15.4 Å². The zero-order valence-electron chi connectivity index (χ0n) is 16.0. The van der Waals surface area contributed by atoms with Crippen molar-refractivity contribution in [2.75, 3.05) is 7.11 Å². The van der Waals surface area contributed by atoms with Gasteiger partial charge in [0.2, 0.25) is 0 Å². The fourth-order valence-electron chi connectivity index (χ4n) is 2.95. The van der Waals surface area contributed by atoms with E-state index in [0.29, 0.717) is 6.54 Å². The zero-order valence-corrected chi connectivity index (χ0v) is 16.0. The first-order valence-corrected chi connectivity index (χ1v) is 9.22. The van der Waals surface area contributed by atoms with Crippen molar-refractivity contribution in [3.05, 3.63) is 59.9 Å². The Bertz CT molecular complexity index is 856.